The van der Waals surface area contributed by atoms with Crippen LogP contribution in [0.5, 0.6) is 0 Å². The number of nitrogens with one attached hydrogen (secondary N) is 1. The smallest absolute Gasteiger partial charge is 0.229 e. The van der Waals surface area contributed by atoms with Gasteiger partial charge in [0.1, 0.15) is 11.6 Å². The number of aromatic nitrogens is 2. The molecule has 0 radical (unpaired) electrons. The minimum Gasteiger partial charge on any atom is -0.391 e. The van der Waals surface area contributed by atoms with Crippen LogP contribution in [0.25, 0.3) is 0 Å². The number of β-amino-alcohol motifs (C(OH)–C–C–N with tert-alkyl or cyclic N) is 1. The zero-order chi connectivity index (χ0) is 16.2. The Bertz CT molecular complexity index is 662. The highest BCUT2D eigenvalue weighted by molar-refractivity contribution is 5.55. The van der Waals surface area contributed by atoms with E-state index >= 15 is 0 Å². The zero-order valence-corrected chi connectivity index (χ0v) is 13.2. The summed E-state index contributed by atoms with van der Waals surface area (Å²) in [6.45, 7) is 3.52. The number of aliphatic hydroxyl groups is 1. The number of halogens is 1. The van der Waals surface area contributed by atoms with E-state index < -0.39 is 0 Å². The van der Waals surface area contributed by atoms with Crippen LogP contribution in [-0.2, 0) is 6.42 Å². The van der Waals surface area contributed by atoms with Gasteiger partial charge in [0.2, 0.25) is 5.95 Å². The molecule has 23 heavy (non-hydrogen) atoms. The number of anilines is 3. The van der Waals surface area contributed by atoms with Crippen molar-refractivity contribution >= 4 is 17.5 Å². The maximum Gasteiger partial charge on any atom is 0.229 e. The molecule has 0 amide bonds. The van der Waals surface area contributed by atoms with Gasteiger partial charge >= 0.3 is 0 Å². The standard InChI is InChI=1S/C17H21FN4O/c1-2-13-10-16(22-9-3-4-15(23)11-22)21-17(19-13)20-14-7-5-12(18)6-8-14/h5-8,10,15,23H,2-4,9,11H2,1H3,(H,19,20,21). The van der Waals surface area contributed by atoms with E-state index in [0.717, 1.165) is 43.0 Å². The Morgan fingerprint density at radius 1 is 1.30 bits per heavy atom. The second-order valence-corrected chi connectivity index (χ2v) is 5.77. The van der Waals surface area contributed by atoms with Crippen LogP contribution in [0, 0.1) is 5.82 Å². The van der Waals surface area contributed by atoms with E-state index in [0.29, 0.717) is 12.5 Å². The number of aliphatic hydroxyl groups excluding tert-OH is 1. The van der Waals surface area contributed by atoms with Crippen LogP contribution in [0.2, 0.25) is 0 Å². The van der Waals surface area contributed by atoms with Crippen LogP contribution in [-0.4, -0.2) is 34.3 Å². The van der Waals surface area contributed by atoms with Crippen LogP contribution < -0.4 is 10.2 Å². The first-order valence-corrected chi connectivity index (χ1v) is 7.97. The van der Waals surface area contributed by atoms with E-state index in [1.165, 1.54) is 12.1 Å². The van der Waals surface area contributed by atoms with Gasteiger partial charge in [-0.2, -0.15) is 4.98 Å². The summed E-state index contributed by atoms with van der Waals surface area (Å²) >= 11 is 0. The molecule has 5 nitrogen and oxygen atoms in total. The summed E-state index contributed by atoms with van der Waals surface area (Å²) in [6, 6.07) is 8.07. The van der Waals surface area contributed by atoms with Gasteiger partial charge in [0.05, 0.1) is 6.10 Å². The SMILES string of the molecule is CCc1cc(N2CCCC(O)C2)nc(Nc2ccc(F)cc2)n1. The summed E-state index contributed by atoms with van der Waals surface area (Å²) in [5.74, 6) is 1.04. The van der Waals surface area contributed by atoms with E-state index in [4.69, 9.17) is 0 Å². The highest BCUT2D eigenvalue weighted by Crippen LogP contribution is 2.22. The fourth-order valence-electron chi connectivity index (χ4n) is 2.71. The monoisotopic (exact) mass is 316 g/mol. The number of benzene rings is 1. The van der Waals surface area contributed by atoms with Gasteiger partial charge in [-0.15, -0.1) is 0 Å². The number of rotatable bonds is 4. The first-order chi connectivity index (χ1) is 11.1. The van der Waals surface area contributed by atoms with E-state index in [-0.39, 0.29) is 11.9 Å². The Labute approximate surface area is 135 Å². The second kappa shape index (κ2) is 6.91. The van der Waals surface area contributed by atoms with Gasteiger partial charge in [-0.05, 0) is 43.5 Å². The van der Waals surface area contributed by atoms with Gasteiger partial charge in [0.15, 0.2) is 0 Å². The minimum absolute atomic E-state index is 0.276. The van der Waals surface area contributed by atoms with Crippen LogP contribution in [0.4, 0.5) is 21.8 Å². The van der Waals surface area contributed by atoms with Crippen molar-refractivity contribution in [1.29, 1.82) is 0 Å². The van der Waals surface area contributed by atoms with Gasteiger partial charge in [-0.25, -0.2) is 9.37 Å². The van der Waals surface area contributed by atoms with Crippen LogP contribution >= 0.6 is 0 Å². The Balaban J connectivity index is 1.85. The normalized spacial score (nSPS) is 18.0. The molecule has 0 aliphatic carbocycles. The predicted octanol–water partition coefficient (Wildman–Crippen LogP) is 2.88. The summed E-state index contributed by atoms with van der Waals surface area (Å²) < 4.78 is 13.0. The largest absolute Gasteiger partial charge is 0.391 e. The molecule has 1 atom stereocenters. The lowest BCUT2D eigenvalue weighted by atomic mass is 10.1. The number of piperidine rings is 1. The average Bonchev–Trinajstić information content (AvgIpc) is 2.56. The Hall–Kier alpha value is -2.21. The van der Waals surface area contributed by atoms with Crippen molar-refractivity contribution in [2.24, 2.45) is 0 Å². The zero-order valence-electron chi connectivity index (χ0n) is 13.2. The number of hydrogen-bond donors (Lipinski definition) is 2. The fraction of sp³-hybridized carbons (Fsp3) is 0.412. The van der Waals surface area contributed by atoms with Crippen molar-refractivity contribution in [3.63, 3.8) is 0 Å². The van der Waals surface area contributed by atoms with E-state index in [1.807, 2.05) is 13.0 Å². The quantitative estimate of drug-likeness (QED) is 0.908. The first kappa shape index (κ1) is 15.7. The predicted molar refractivity (Wildman–Crippen MR) is 88.5 cm³/mol. The third kappa shape index (κ3) is 3.96. The molecular formula is C17H21FN4O. The minimum atomic E-state index is -0.308. The van der Waals surface area contributed by atoms with Crippen LogP contribution in [0.1, 0.15) is 25.5 Å². The Kier molecular flexibility index (Phi) is 4.71. The van der Waals surface area contributed by atoms with Crippen molar-refractivity contribution in [2.45, 2.75) is 32.3 Å². The molecule has 2 heterocycles. The number of hydrogen-bond acceptors (Lipinski definition) is 5. The molecule has 122 valence electrons. The molecule has 1 saturated heterocycles. The summed E-state index contributed by atoms with van der Waals surface area (Å²) in [5, 5.41) is 13.0. The summed E-state index contributed by atoms with van der Waals surface area (Å²) in [6.07, 6.45) is 2.28. The van der Waals surface area contributed by atoms with Crippen molar-refractivity contribution in [1.82, 2.24) is 9.97 Å². The molecular weight excluding hydrogens is 295 g/mol. The van der Waals surface area contributed by atoms with Crippen LogP contribution in [0.3, 0.4) is 0 Å². The van der Waals surface area contributed by atoms with Gasteiger partial charge in [-0.1, -0.05) is 6.92 Å². The molecule has 2 aromatic rings. The second-order valence-electron chi connectivity index (χ2n) is 5.77. The van der Waals surface area contributed by atoms with Crippen LogP contribution in [0.15, 0.2) is 30.3 Å². The highest BCUT2D eigenvalue weighted by atomic mass is 19.1. The third-order valence-corrected chi connectivity index (χ3v) is 3.95. The summed E-state index contributed by atoms with van der Waals surface area (Å²) in [7, 11) is 0. The van der Waals surface area contributed by atoms with Gasteiger partial charge in [-0.3, -0.25) is 0 Å². The molecule has 1 aliphatic rings. The molecule has 0 spiro atoms. The Morgan fingerprint density at radius 3 is 2.78 bits per heavy atom. The summed E-state index contributed by atoms with van der Waals surface area (Å²) in [5.41, 5.74) is 1.67. The Morgan fingerprint density at radius 2 is 2.09 bits per heavy atom. The lowest BCUT2D eigenvalue weighted by Crippen LogP contribution is -2.38. The van der Waals surface area contributed by atoms with Gasteiger partial charge in [0.25, 0.3) is 0 Å². The molecule has 1 unspecified atom stereocenters. The fourth-order valence-corrected chi connectivity index (χ4v) is 2.71. The lowest BCUT2D eigenvalue weighted by Gasteiger charge is -2.31. The molecule has 1 fully saturated rings. The van der Waals surface area contributed by atoms with Crippen molar-refractivity contribution in [2.75, 3.05) is 23.3 Å². The molecule has 6 heteroatoms. The lowest BCUT2D eigenvalue weighted by molar-refractivity contribution is 0.154. The molecule has 1 aromatic heterocycles. The van der Waals surface area contributed by atoms with Crippen molar-refractivity contribution in [3.8, 4) is 0 Å². The maximum atomic E-state index is 13.0. The molecule has 2 N–H and O–H groups in total. The summed E-state index contributed by atoms with van der Waals surface area (Å²) in [4.78, 5) is 11.1. The maximum absolute atomic E-state index is 13.0. The molecule has 0 saturated carbocycles. The van der Waals surface area contributed by atoms with E-state index in [2.05, 4.69) is 20.2 Å². The number of aryl methyl sites for hydroxylation is 1. The number of nitrogens with zero attached hydrogens (tertiary/aromatic N) is 3. The van der Waals surface area contributed by atoms with Crippen molar-refractivity contribution < 1.29 is 9.50 Å². The first-order valence-electron chi connectivity index (χ1n) is 7.97. The average molecular weight is 316 g/mol. The van der Waals surface area contributed by atoms with Gasteiger partial charge in [0, 0.05) is 30.5 Å². The molecule has 1 aliphatic heterocycles. The van der Waals surface area contributed by atoms with E-state index in [9.17, 15) is 9.50 Å². The topological polar surface area (TPSA) is 61.3 Å². The molecule has 3 rings (SSSR count). The van der Waals surface area contributed by atoms with E-state index in [1.54, 1.807) is 12.1 Å². The molecule has 0 bridgehead atoms. The molecule has 1 aromatic carbocycles. The van der Waals surface area contributed by atoms with Gasteiger partial charge < -0.3 is 15.3 Å². The third-order valence-electron chi connectivity index (χ3n) is 3.95. The highest BCUT2D eigenvalue weighted by Gasteiger charge is 2.20. The van der Waals surface area contributed by atoms with Crippen molar-refractivity contribution in [3.05, 3.63) is 41.8 Å².